The Hall–Kier alpha value is -3.68. The molecule has 1 amide bonds. The molecule has 1 aliphatic rings. The van der Waals surface area contributed by atoms with Gasteiger partial charge in [0.05, 0.1) is 35.7 Å². The van der Waals surface area contributed by atoms with Gasteiger partial charge in [-0.15, -0.1) is 0 Å². The minimum Gasteiger partial charge on any atom is -0.493 e. The molecule has 0 fully saturated rings. The second-order valence-corrected chi connectivity index (χ2v) is 8.00. The van der Waals surface area contributed by atoms with Gasteiger partial charge in [0.25, 0.3) is 0 Å². The molecule has 4 rings (SSSR count). The van der Waals surface area contributed by atoms with Crippen LogP contribution in [0.15, 0.2) is 53.5 Å². The number of aryl methyl sites for hydroxylation is 2. The predicted molar refractivity (Wildman–Crippen MR) is 126 cm³/mol. The van der Waals surface area contributed by atoms with Crippen molar-refractivity contribution in [3.05, 3.63) is 71.0 Å². The number of nitrogens with one attached hydrogen (secondary N) is 1. The Morgan fingerprint density at radius 2 is 1.79 bits per heavy atom. The number of pyridine rings is 1. The molecule has 2 aromatic carbocycles. The number of carbonyl (C=O) groups is 1. The van der Waals surface area contributed by atoms with Gasteiger partial charge in [-0.05, 0) is 61.2 Å². The van der Waals surface area contributed by atoms with E-state index in [1.165, 1.54) is 6.07 Å². The van der Waals surface area contributed by atoms with E-state index in [-0.39, 0.29) is 30.2 Å². The van der Waals surface area contributed by atoms with Crippen LogP contribution in [0.2, 0.25) is 0 Å². The minimum absolute atomic E-state index is 0.00396. The molecule has 1 N–H and O–H groups in total. The van der Waals surface area contributed by atoms with E-state index in [0.717, 1.165) is 35.0 Å². The molecule has 0 bridgehead atoms. The van der Waals surface area contributed by atoms with E-state index in [2.05, 4.69) is 15.3 Å². The van der Waals surface area contributed by atoms with Gasteiger partial charge in [0.15, 0.2) is 0 Å². The number of ether oxygens (including phenoxy) is 1. The molecule has 176 valence electrons. The van der Waals surface area contributed by atoms with Crippen molar-refractivity contribution in [3.63, 3.8) is 0 Å². The molecule has 0 saturated carbocycles. The van der Waals surface area contributed by atoms with Crippen molar-refractivity contribution in [2.75, 3.05) is 11.9 Å². The number of nitrogens with zero attached hydrogens (tertiary/aromatic N) is 2. The van der Waals surface area contributed by atoms with Gasteiger partial charge in [0.2, 0.25) is 5.91 Å². The maximum atomic E-state index is 13.5. The fraction of sp³-hybridized carbons (Fsp3) is 0.269. The van der Waals surface area contributed by atoms with E-state index < -0.39 is 17.6 Å². The summed E-state index contributed by atoms with van der Waals surface area (Å²) in [6, 6.07) is 13.7. The first kappa shape index (κ1) is 23.5. The molecule has 2 heterocycles. The number of fused-ring (bicyclic) bond motifs is 1. The lowest BCUT2D eigenvalue weighted by Gasteiger charge is -2.16. The number of aliphatic imine (C=N–C) groups is 1. The molecular weight excluding hydrogens is 443 g/mol. The Morgan fingerprint density at radius 3 is 2.50 bits per heavy atom. The van der Waals surface area contributed by atoms with E-state index in [1.807, 2.05) is 50.2 Å². The fourth-order valence-electron chi connectivity index (χ4n) is 3.92. The van der Waals surface area contributed by atoms with E-state index in [9.17, 15) is 18.0 Å². The molecule has 8 heteroatoms. The van der Waals surface area contributed by atoms with Crippen molar-refractivity contribution in [1.29, 1.82) is 0 Å². The number of carbonyl (C=O) groups excluding carboxylic acids is 1. The Balaban J connectivity index is 1.81. The molecule has 0 saturated heterocycles. The summed E-state index contributed by atoms with van der Waals surface area (Å²) in [5.74, 6) is -0.755. The van der Waals surface area contributed by atoms with E-state index in [1.54, 1.807) is 6.92 Å². The molecule has 34 heavy (non-hydrogen) atoms. The molecule has 5 nitrogen and oxygen atoms in total. The number of halogens is 3. The Labute approximate surface area is 195 Å². The zero-order valence-electron chi connectivity index (χ0n) is 19.1. The van der Waals surface area contributed by atoms with Crippen LogP contribution >= 0.6 is 0 Å². The van der Waals surface area contributed by atoms with Crippen molar-refractivity contribution in [2.24, 2.45) is 4.99 Å². The summed E-state index contributed by atoms with van der Waals surface area (Å²) in [4.78, 5) is 21.7. The first-order valence-corrected chi connectivity index (χ1v) is 11.0. The van der Waals surface area contributed by atoms with Gasteiger partial charge in [-0.25, -0.2) is 4.99 Å². The monoisotopic (exact) mass is 467 g/mol. The molecule has 1 aromatic heterocycles. The van der Waals surface area contributed by atoms with Crippen LogP contribution in [0.5, 0.6) is 5.75 Å². The van der Waals surface area contributed by atoms with Gasteiger partial charge < -0.3 is 10.1 Å². The highest BCUT2D eigenvalue weighted by molar-refractivity contribution is 6.17. The molecule has 3 aromatic rings. The van der Waals surface area contributed by atoms with Crippen molar-refractivity contribution in [1.82, 2.24) is 4.98 Å². The number of amides is 1. The van der Waals surface area contributed by atoms with Crippen LogP contribution in [0.25, 0.3) is 11.1 Å². The number of anilines is 1. The lowest BCUT2D eigenvalue weighted by atomic mass is 9.99. The smallest absolute Gasteiger partial charge is 0.420 e. The van der Waals surface area contributed by atoms with Gasteiger partial charge in [-0.1, -0.05) is 25.1 Å². The lowest BCUT2D eigenvalue weighted by molar-refractivity contribution is -0.138. The zero-order valence-corrected chi connectivity index (χ0v) is 19.1. The molecule has 0 aliphatic carbocycles. The standard InChI is InChI=1S/C26H24F3N3O2/c1-4-19-11-18(9-15(3)30-19)16-7-6-8-17(10-16)21-14-25(33)32-22-12-20(26(27,28)29)24(34-5-2)13-23(22)31-21/h6-13H,4-5,14H2,1-3H3,(H,32,33). The van der Waals surface area contributed by atoms with Crippen molar-refractivity contribution in [3.8, 4) is 16.9 Å². The van der Waals surface area contributed by atoms with Crippen molar-refractivity contribution < 1.29 is 22.7 Å². The number of hydrogen-bond acceptors (Lipinski definition) is 4. The van der Waals surface area contributed by atoms with Gasteiger partial charge in [-0.3, -0.25) is 9.78 Å². The van der Waals surface area contributed by atoms with E-state index in [4.69, 9.17) is 4.74 Å². The predicted octanol–water partition coefficient (Wildman–Crippen LogP) is 6.50. The van der Waals surface area contributed by atoms with Crippen LogP contribution in [0.3, 0.4) is 0 Å². The van der Waals surface area contributed by atoms with Gasteiger partial charge in [0.1, 0.15) is 5.75 Å². The Bertz CT molecular complexity index is 1280. The third-order valence-electron chi connectivity index (χ3n) is 5.46. The number of rotatable bonds is 5. The SMILES string of the molecule is CCOc1cc2c(cc1C(F)(F)F)NC(=O)CC(c1cccc(-c3cc(C)nc(CC)c3)c1)=N2. The Morgan fingerprint density at radius 1 is 1.03 bits per heavy atom. The molecule has 1 aliphatic heterocycles. The third kappa shape index (κ3) is 4.95. The van der Waals surface area contributed by atoms with Crippen LogP contribution in [0.4, 0.5) is 24.5 Å². The van der Waals surface area contributed by atoms with Crippen molar-refractivity contribution >= 4 is 23.0 Å². The maximum Gasteiger partial charge on any atom is 0.420 e. The van der Waals surface area contributed by atoms with Crippen LogP contribution in [-0.2, 0) is 17.4 Å². The quantitative estimate of drug-likeness (QED) is 0.466. The molecule has 0 unspecified atom stereocenters. The molecular formula is C26H24F3N3O2. The fourth-order valence-corrected chi connectivity index (χ4v) is 3.92. The summed E-state index contributed by atoms with van der Waals surface area (Å²) in [6.45, 7) is 5.66. The second-order valence-electron chi connectivity index (χ2n) is 8.00. The van der Waals surface area contributed by atoms with Crippen LogP contribution in [0, 0.1) is 6.92 Å². The summed E-state index contributed by atoms with van der Waals surface area (Å²) in [7, 11) is 0. The van der Waals surface area contributed by atoms with Crippen LogP contribution in [0.1, 0.15) is 42.8 Å². The van der Waals surface area contributed by atoms with Crippen LogP contribution < -0.4 is 10.1 Å². The summed E-state index contributed by atoms with van der Waals surface area (Å²) in [5.41, 5.74) is 4.26. The van der Waals surface area contributed by atoms with Crippen LogP contribution in [-0.4, -0.2) is 23.2 Å². The number of aromatic nitrogens is 1. The summed E-state index contributed by atoms with van der Waals surface area (Å²) >= 11 is 0. The maximum absolute atomic E-state index is 13.5. The van der Waals surface area contributed by atoms with Gasteiger partial charge >= 0.3 is 6.18 Å². The largest absolute Gasteiger partial charge is 0.493 e. The highest BCUT2D eigenvalue weighted by Gasteiger charge is 2.36. The number of hydrogen-bond donors (Lipinski definition) is 1. The normalized spacial score (nSPS) is 13.6. The lowest BCUT2D eigenvalue weighted by Crippen LogP contribution is -2.15. The summed E-state index contributed by atoms with van der Waals surface area (Å²) in [5, 5.41) is 2.56. The first-order valence-electron chi connectivity index (χ1n) is 11.0. The topological polar surface area (TPSA) is 63.6 Å². The molecule has 0 spiro atoms. The van der Waals surface area contributed by atoms with Crippen molar-refractivity contribution in [2.45, 2.75) is 39.8 Å². The molecule has 0 radical (unpaired) electrons. The van der Waals surface area contributed by atoms with E-state index >= 15 is 0 Å². The number of benzene rings is 2. The minimum atomic E-state index is -4.63. The third-order valence-corrected chi connectivity index (χ3v) is 5.46. The Kier molecular flexibility index (Phi) is 6.41. The highest BCUT2D eigenvalue weighted by Crippen LogP contribution is 2.43. The summed E-state index contributed by atoms with van der Waals surface area (Å²) < 4.78 is 45.9. The van der Waals surface area contributed by atoms with E-state index in [0.29, 0.717) is 11.3 Å². The average Bonchev–Trinajstić information content (AvgIpc) is 2.95. The second kappa shape index (κ2) is 9.29. The van der Waals surface area contributed by atoms with Gasteiger partial charge in [0, 0.05) is 17.5 Å². The summed E-state index contributed by atoms with van der Waals surface area (Å²) in [6.07, 6.45) is -3.89. The average molecular weight is 467 g/mol. The number of alkyl halides is 3. The molecule has 0 atom stereocenters. The van der Waals surface area contributed by atoms with Gasteiger partial charge in [-0.2, -0.15) is 13.2 Å². The first-order chi connectivity index (χ1) is 16.2. The highest BCUT2D eigenvalue weighted by atomic mass is 19.4. The zero-order chi connectivity index (χ0) is 24.5.